The Hall–Kier alpha value is -7.10. The number of para-hydroxylation sites is 3. The van der Waals surface area contributed by atoms with Crippen molar-refractivity contribution in [2.75, 3.05) is 4.90 Å². The number of fused-ring (bicyclic) bond motifs is 7. The lowest BCUT2D eigenvalue weighted by Gasteiger charge is -2.27. The number of rotatable bonds is 5. The first-order valence-corrected chi connectivity index (χ1v) is 18.1. The van der Waals surface area contributed by atoms with E-state index in [4.69, 9.17) is 4.74 Å². The van der Waals surface area contributed by atoms with E-state index in [1.807, 2.05) is 12.1 Å². The Bertz CT molecular complexity index is 3040. The van der Waals surface area contributed by atoms with Crippen LogP contribution in [-0.4, -0.2) is 4.57 Å². The lowest BCUT2D eigenvalue weighted by Crippen LogP contribution is -2.10. The Labute approximate surface area is 307 Å². The number of hydrogen-bond acceptors (Lipinski definition) is 2. The van der Waals surface area contributed by atoms with Gasteiger partial charge in [0, 0.05) is 27.5 Å². The quantitative estimate of drug-likeness (QED) is 0.181. The lowest BCUT2D eigenvalue weighted by molar-refractivity contribution is 0.476. The second kappa shape index (κ2) is 11.7. The first kappa shape index (κ1) is 29.6. The lowest BCUT2D eigenvalue weighted by atomic mass is 9.97. The van der Waals surface area contributed by atoms with E-state index in [1.165, 1.54) is 54.5 Å². The minimum absolute atomic E-state index is 0.870. The number of hydrogen-bond donors (Lipinski definition) is 0. The molecule has 0 radical (unpaired) electrons. The normalized spacial score (nSPS) is 11.9. The van der Waals surface area contributed by atoms with Gasteiger partial charge in [0.05, 0.1) is 22.4 Å². The fourth-order valence-corrected chi connectivity index (χ4v) is 8.30. The summed E-state index contributed by atoms with van der Waals surface area (Å²) in [6, 6.07) is 69.8. The first-order valence-electron chi connectivity index (χ1n) is 18.1. The molecule has 248 valence electrons. The number of anilines is 3. The third-order valence-corrected chi connectivity index (χ3v) is 10.7. The highest BCUT2D eigenvalue weighted by atomic mass is 16.5. The van der Waals surface area contributed by atoms with Crippen LogP contribution >= 0.6 is 0 Å². The fourth-order valence-electron chi connectivity index (χ4n) is 8.30. The predicted octanol–water partition coefficient (Wildman–Crippen LogP) is 14.0. The smallest absolute Gasteiger partial charge is 0.152 e. The summed E-state index contributed by atoms with van der Waals surface area (Å²) in [7, 11) is 0. The Morgan fingerprint density at radius 3 is 2.04 bits per heavy atom. The highest BCUT2D eigenvalue weighted by molar-refractivity contribution is 6.18. The summed E-state index contributed by atoms with van der Waals surface area (Å²) in [5, 5.41) is 7.31. The van der Waals surface area contributed by atoms with Crippen LogP contribution in [0, 0.1) is 0 Å². The van der Waals surface area contributed by atoms with Crippen LogP contribution in [0.4, 0.5) is 17.1 Å². The molecule has 0 aliphatic carbocycles. The van der Waals surface area contributed by atoms with Crippen LogP contribution in [-0.2, 0) is 0 Å². The molecular weight excluding hydrogens is 645 g/mol. The topological polar surface area (TPSA) is 17.4 Å². The average Bonchev–Trinajstić information content (AvgIpc) is 3.58. The molecule has 0 saturated heterocycles. The van der Waals surface area contributed by atoms with Gasteiger partial charge in [-0.05, 0) is 105 Å². The van der Waals surface area contributed by atoms with Crippen LogP contribution in [0.1, 0.15) is 0 Å². The maximum absolute atomic E-state index is 6.52. The maximum atomic E-state index is 6.52. The van der Waals surface area contributed by atoms with E-state index in [0.717, 1.165) is 45.3 Å². The molecule has 0 unspecified atom stereocenters. The van der Waals surface area contributed by atoms with E-state index in [2.05, 4.69) is 191 Å². The average molecular weight is 677 g/mol. The molecule has 0 saturated carbocycles. The SMILES string of the molecule is c1cc(-c2ccc3c4c2c2ccccc2n4-c2ccccc2O3)cc(N(c2ccc(-c3ccc4ccccc4c3)cc2)c2cccc3ccccc23)c1. The van der Waals surface area contributed by atoms with Gasteiger partial charge in [0.15, 0.2) is 11.5 Å². The van der Waals surface area contributed by atoms with Crippen LogP contribution in [0.25, 0.3) is 71.3 Å². The maximum Gasteiger partial charge on any atom is 0.152 e. The van der Waals surface area contributed by atoms with E-state index in [-0.39, 0.29) is 0 Å². The standard InChI is InChI=1S/C50H32N2O/c1-2-13-36-31-37(24-23-33(36)11-1)34-25-27-39(28-26-34)51(44-21-10-14-35-12-3-4-17-41(35)44)40-16-9-15-38(32-40)42-29-30-48-50-49(42)43-18-5-6-19-45(43)52(50)46-20-7-8-22-47(46)53-48/h1-32H. The van der Waals surface area contributed by atoms with Crippen molar-refractivity contribution in [2.24, 2.45) is 0 Å². The second-order valence-electron chi connectivity index (χ2n) is 13.8. The van der Waals surface area contributed by atoms with Crippen LogP contribution < -0.4 is 9.64 Å². The molecule has 1 aromatic heterocycles. The van der Waals surface area contributed by atoms with Crippen molar-refractivity contribution in [2.45, 2.75) is 0 Å². The molecule has 0 amide bonds. The predicted molar refractivity (Wildman–Crippen MR) is 221 cm³/mol. The molecule has 10 aromatic rings. The summed E-state index contributed by atoms with van der Waals surface area (Å²) in [5.41, 5.74) is 11.4. The van der Waals surface area contributed by atoms with Gasteiger partial charge in [0.25, 0.3) is 0 Å². The molecule has 0 fully saturated rings. The highest BCUT2D eigenvalue weighted by Crippen LogP contribution is 2.49. The molecule has 0 N–H and O–H groups in total. The molecule has 0 spiro atoms. The van der Waals surface area contributed by atoms with Crippen molar-refractivity contribution in [3.05, 3.63) is 194 Å². The zero-order valence-electron chi connectivity index (χ0n) is 28.8. The van der Waals surface area contributed by atoms with Gasteiger partial charge in [-0.25, -0.2) is 0 Å². The third kappa shape index (κ3) is 4.68. The molecule has 1 aliphatic rings. The molecule has 1 aliphatic heterocycles. The number of nitrogens with zero attached hydrogens (tertiary/aromatic N) is 2. The number of ether oxygens (including phenoxy) is 1. The van der Waals surface area contributed by atoms with E-state index in [9.17, 15) is 0 Å². The van der Waals surface area contributed by atoms with Crippen LogP contribution in [0.5, 0.6) is 11.5 Å². The molecule has 3 nitrogen and oxygen atoms in total. The van der Waals surface area contributed by atoms with Gasteiger partial charge in [-0.15, -0.1) is 0 Å². The zero-order valence-corrected chi connectivity index (χ0v) is 28.8. The van der Waals surface area contributed by atoms with Crippen molar-refractivity contribution >= 4 is 60.4 Å². The first-order chi connectivity index (χ1) is 26.3. The summed E-state index contributed by atoms with van der Waals surface area (Å²) in [5.74, 6) is 1.74. The third-order valence-electron chi connectivity index (χ3n) is 10.7. The Balaban J connectivity index is 1.09. The highest BCUT2D eigenvalue weighted by Gasteiger charge is 2.26. The molecule has 9 aromatic carbocycles. The Kier molecular flexibility index (Phi) is 6.55. The fraction of sp³-hybridized carbons (Fsp3) is 0. The Morgan fingerprint density at radius 1 is 0.415 bits per heavy atom. The minimum Gasteiger partial charge on any atom is -0.453 e. The summed E-state index contributed by atoms with van der Waals surface area (Å²) in [6.07, 6.45) is 0. The largest absolute Gasteiger partial charge is 0.453 e. The number of benzene rings is 9. The van der Waals surface area contributed by atoms with E-state index in [0.29, 0.717) is 0 Å². The van der Waals surface area contributed by atoms with E-state index < -0.39 is 0 Å². The Morgan fingerprint density at radius 2 is 1.13 bits per heavy atom. The van der Waals surface area contributed by atoms with Gasteiger partial charge in [0.2, 0.25) is 0 Å². The van der Waals surface area contributed by atoms with Gasteiger partial charge in [-0.2, -0.15) is 0 Å². The van der Waals surface area contributed by atoms with Crippen molar-refractivity contribution < 1.29 is 4.74 Å². The van der Waals surface area contributed by atoms with Crippen molar-refractivity contribution in [3.8, 4) is 39.4 Å². The zero-order chi connectivity index (χ0) is 34.9. The molecule has 0 bridgehead atoms. The molecule has 3 heteroatoms. The summed E-state index contributed by atoms with van der Waals surface area (Å²) in [4.78, 5) is 2.40. The summed E-state index contributed by atoms with van der Waals surface area (Å²) in [6.45, 7) is 0. The van der Waals surface area contributed by atoms with Crippen molar-refractivity contribution in [1.82, 2.24) is 4.57 Å². The molecule has 11 rings (SSSR count). The monoisotopic (exact) mass is 676 g/mol. The van der Waals surface area contributed by atoms with Crippen molar-refractivity contribution in [1.29, 1.82) is 0 Å². The molecule has 0 atom stereocenters. The summed E-state index contributed by atoms with van der Waals surface area (Å²) < 4.78 is 8.89. The van der Waals surface area contributed by atoms with Gasteiger partial charge in [-0.3, -0.25) is 0 Å². The van der Waals surface area contributed by atoms with Crippen molar-refractivity contribution in [3.63, 3.8) is 0 Å². The van der Waals surface area contributed by atoms with Gasteiger partial charge < -0.3 is 14.2 Å². The van der Waals surface area contributed by atoms with E-state index in [1.54, 1.807) is 0 Å². The van der Waals surface area contributed by atoms with Gasteiger partial charge in [-0.1, -0.05) is 127 Å². The van der Waals surface area contributed by atoms with E-state index >= 15 is 0 Å². The second-order valence-corrected chi connectivity index (χ2v) is 13.8. The minimum atomic E-state index is 0.870. The van der Waals surface area contributed by atoms with Crippen LogP contribution in [0.2, 0.25) is 0 Å². The summed E-state index contributed by atoms with van der Waals surface area (Å²) >= 11 is 0. The molecular formula is C50H32N2O. The molecule has 2 heterocycles. The van der Waals surface area contributed by atoms with Crippen LogP contribution in [0.15, 0.2) is 194 Å². The van der Waals surface area contributed by atoms with Gasteiger partial charge >= 0.3 is 0 Å². The van der Waals surface area contributed by atoms with Crippen LogP contribution in [0.3, 0.4) is 0 Å². The number of aromatic nitrogens is 1. The van der Waals surface area contributed by atoms with Gasteiger partial charge in [0.1, 0.15) is 0 Å². The molecule has 53 heavy (non-hydrogen) atoms.